The Hall–Kier alpha value is -3.27. The lowest BCUT2D eigenvalue weighted by atomic mass is 10.0. The van der Waals surface area contributed by atoms with Gasteiger partial charge < -0.3 is 39.5 Å². The molecule has 4 N–H and O–H groups in total. The minimum Gasteiger partial charge on any atom is -0.497 e. The van der Waals surface area contributed by atoms with Crippen LogP contribution in [0.25, 0.3) is 10.9 Å². The summed E-state index contributed by atoms with van der Waals surface area (Å²) < 4.78 is 23.1. The third kappa shape index (κ3) is 4.22. The molecule has 0 bridgehead atoms. The summed E-state index contributed by atoms with van der Waals surface area (Å²) in [5.74, 6) is 1.44. The number of methoxy groups -OCH3 is 4. The van der Waals surface area contributed by atoms with Crippen LogP contribution in [0.1, 0.15) is 15.9 Å². The summed E-state index contributed by atoms with van der Waals surface area (Å²) in [6.45, 7) is -0.765. The fourth-order valence-corrected chi connectivity index (χ4v) is 3.57. The number of carbonyl (C=O) groups is 1. The van der Waals surface area contributed by atoms with E-state index in [1.54, 1.807) is 48.2 Å². The molecular weight excluding hydrogens is 416 g/mol. The van der Waals surface area contributed by atoms with Crippen molar-refractivity contribution >= 4 is 16.7 Å². The molecular formula is C23H28N2O7. The molecule has 0 saturated heterocycles. The van der Waals surface area contributed by atoms with Crippen LogP contribution in [0, 0.1) is 0 Å². The fourth-order valence-electron chi connectivity index (χ4n) is 3.57. The summed E-state index contributed by atoms with van der Waals surface area (Å²) in [6, 6.07) is 8.49. The van der Waals surface area contributed by atoms with Gasteiger partial charge in [-0.05, 0) is 24.3 Å². The number of nitrogens with two attached hydrogens (primary N) is 1. The lowest BCUT2D eigenvalue weighted by Crippen LogP contribution is -2.50. The van der Waals surface area contributed by atoms with Gasteiger partial charge in [0.1, 0.15) is 5.75 Å². The quantitative estimate of drug-likeness (QED) is 0.403. The number of aromatic nitrogens is 1. The molecule has 0 aliphatic rings. The van der Waals surface area contributed by atoms with Crippen molar-refractivity contribution in [1.82, 2.24) is 4.57 Å². The molecule has 0 amide bonds. The average molecular weight is 444 g/mol. The maximum Gasteiger partial charge on any atom is 0.203 e. The first-order valence-electron chi connectivity index (χ1n) is 9.86. The molecule has 1 aromatic heterocycles. The maximum atomic E-state index is 13.5. The van der Waals surface area contributed by atoms with Gasteiger partial charge in [-0.3, -0.25) is 4.79 Å². The molecule has 172 valence electrons. The van der Waals surface area contributed by atoms with E-state index in [2.05, 4.69) is 0 Å². The fraction of sp³-hybridized carbons (Fsp3) is 0.348. The molecule has 0 radical (unpaired) electrons. The topological polar surface area (TPSA) is 125 Å². The highest BCUT2D eigenvalue weighted by Crippen LogP contribution is 2.39. The van der Waals surface area contributed by atoms with Gasteiger partial charge in [-0.2, -0.15) is 0 Å². The summed E-state index contributed by atoms with van der Waals surface area (Å²) >= 11 is 0. The van der Waals surface area contributed by atoms with Crippen molar-refractivity contribution in [1.29, 1.82) is 0 Å². The van der Waals surface area contributed by atoms with E-state index < -0.39 is 18.8 Å². The Morgan fingerprint density at radius 2 is 1.59 bits per heavy atom. The van der Waals surface area contributed by atoms with Crippen molar-refractivity contribution in [2.75, 3.05) is 41.7 Å². The van der Waals surface area contributed by atoms with Crippen molar-refractivity contribution in [3.05, 3.63) is 47.7 Å². The van der Waals surface area contributed by atoms with Crippen LogP contribution < -0.4 is 24.7 Å². The molecule has 0 aliphatic carbocycles. The van der Waals surface area contributed by atoms with E-state index in [9.17, 15) is 15.0 Å². The lowest BCUT2D eigenvalue weighted by Gasteiger charge is -2.25. The van der Waals surface area contributed by atoms with E-state index in [1.807, 2.05) is 0 Å². The molecule has 0 atom stereocenters. The van der Waals surface area contributed by atoms with Crippen LogP contribution in [-0.2, 0) is 6.54 Å². The van der Waals surface area contributed by atoms with Crippen molar-refractivity contribution in [2.45, 2.75) is 12.1 Å². The number of benzene rings is 2. The first-order valence-corrected chi connectivity index (χ1v) is 9.86. The summed E-state index contributed by atoms with van der Waals surface area (Å²) in [5.41, 5.74) is 6.28. The third-order valence-electron chi connectivity index (χ3n) is 5.38. The van der Waals surface area contributed by atoms with Gasteiger partial charge >= 0.3 is 0 Å². The Morgan fingerprint density at radius 3 is 2.09 bits per heavy atom. The largest absolute Gasteiger partial charge is 0.497 e. The summed E-state index contributed by atoms with van der Waals surface area (Å²) in [6.07, 6.45) is 1.66. The predicted octanol–water partition coefficient (Wildman–Crippen LogP) is 1.59. The Morgan fingerprint density at radius 1 is 0.969 bits per heavy atom. The molecule has 0 spiro atoms. The predicted molar refractivity (Wildman–Crippen MR) is 119 cm³/mol. The van der Waals surface area contributed by atoms with Gasteiger partial charge in [-0.1, -0.05) is 0 Å². The third-order valence-corrected chi connectivity index (χ3v) is 5.38. The minimum atomic E-state index is -1.26. The van der Waals surface area contributed by atoms with Crippen LogP contribution >= 0.6 is 0 Å². The zero-order chi connectivity index (χ0) is 23.5. The molecule has 9 nitrogen and oxygen atoms in total. The second kappa shape index (κ2) is 9.47. The first kappa shape index (κ1) is 23.4. The second-order valence-electron chi connectivity index (χ2n) is 7.48. The lowest BCUT2D eigenvalue weighted by molar-refractivity contribution is 0.103. The van der Waals surface area contributed by atoms with E-state index >= 15 is 0 Å². The molecule has 9 heteroatoms. The summed E-state index contributed by atoms with van der Waals surface area (Å²) in [7, 11) is 6.00. The average Bonchev–Trinajstić information content (AvgIpc) is 3.19. The van der Waals surface area contributed by atoms with E-state index in [-0.39, 0.29) is 12.3 Å². The van der Waals surface area contributed by atoms with Crippen LogP contribution in [-0.4, -0.2) is 67.8 Å². The van der Waals surface area contributed by atoms with Crippen LogP contribution in [0.2, 0.25) is 0 Å². The highest BCUT2D eigenvalue weighted by atomic mass is 16.5. The van der Waals surface area contributed by atoms with Crippen molar-refractivity contribution < 1.29 is 34.0 Å². The van der Waals surface area contributed by atoms with Gasteiger partial charge in [0.2, 0.25) is 5.75 Å². The van der Waals surface area contributed by atoms with Crippen LogP contribution in [0.3, 0.4) is 0 Å². The molecule has 32 heavy (non-hydrogen) atoms. The number of ketones is 1. The van der Waals surface area contributed by atoms with Gasteiger partial charge in [0.05, 0.1) is 52.7 Å². The molecule has 3 aromatic rings. The monoisotopic (exact) mass is 444 g/mol. The minimum absolute atomic E-state index is 0.0895. The van der Waals surface area contributed by atoms with E-state index in [0.717, 1.165) is 0 Å². The Bertz CT molecular complexity index is 1090. The summed E-state index contributed by atoms with van der Waals surface area (Å²) in [4.78, 5) is 13.5. The number of carbonyl (C=O) groups excluding carboxylic acids is 1. The van der Waals surface area contributed by atoms with E-state index in [4.69, 9.17) is 24.7 Å². The zero-order valence-corrected chi connectivity index (χ0v) is 18.5. The van der Waals surface area contributed by atoms with Gasteiger partial charge in [-0.25, -0.2) is 0 Å². The molecule has 2 aromatic carbocycles. The highest BCUT2D eigenvalue weighted by molar-refractivity contribution is 6.17. The van der Waals surface area contributed by atoms with E-state index in [0.29, 0.717) is 45.0 Å². The molecule has 0 saturated carbocycles. The molecule has 0 fully saturated rings. The number of ether oxygens (including phenoxy) is 4. The molecule has 3 rings (SSSR count). The zero-order valence-electron chi connectivity index (χ0n) is 18.5. The number of aliphatic hydroxyl groups excluding tert-OH is 2. The SMILES string of the molecule is COc1ccc2c(C(=O)c3cc(OC)c(OC)c(OC)c3)cn(CC(N)(CO)CO)c2c1. The number of rotatable bonds is 10. The first-order chi connectivity index (χ1) is 15.3. The van der Waals surface area contributed by atoms with Crippen molar-refractivity contribution in [3.63, 3.8) is 0 Å². The second-order valence-corrected chi connectivity index (χ2v) is 7.48. The smallest absolute Gasteiger partial charge is 0.203 e. The number of hydrogen-bond donors (Lipinski definition) is 3. The molecule has 0 unspecified atom stereocenters. The Kier molecular flexibility index (Phi) is 6.93. The molecule has 1 heterocycles. The van der Waals surface area contributed by atoms with Gasteiger partial charge in [-0.15, -0.1) is 0 Å². The van der Waals surface area contributed by atoms with Crippen LogP contribution in [0.5, 0.6) is 23.0 Å². The number of fused-ring (bicyclic) bond motifs is 1. The van der Waals surface area contributed by atoms with Gasteiger partial charge in [0, 0.05) is 35.3 Å². The summed E-state index contributed by atoms with van der Waals surface area (Å²) in [5, 5.41) is 20.0. The van der Waals surface area contributed by atoms with Crippen LogP contribution in [0.4, 0.5) is 0 Å². The standard InChI is InChI=1S/C23H28N2O7/c1-29-15-5-6-16-17(10-25(18(16)9-15)11-23(24,12-26)13-27)21(28)14-7-19(30-2)22(32-4)20(8-14)31-3/h5-10,26-27H,11-13,24H2,1-4H3. The molecule has 0 aliphatic heterocycles. The number of hydrogen-bond acceptors (Lipinski definition) is 8. The normalized spacial score (nSPS) is 11.5. The van der Waals surface area contributed by atoms with Gasteiger partial charge in [0.25, 0.3) is 0 Å². The van der Waals surface area contributed by atoms with Crippen molar-refractivity contribution in [2.24, 2.45) is 5.73 Å². The Balaban J connectivity index is 2.17. The van der Waals surface area contributed by atoms with E-state index in [1.165, 1.54) is 21.3 Å². The Labute approximate surface area is 185 Å². The highest BCUT2D eigenvalue weighted by Gasteiger charge is 2.27. The van der Waals surface area contributed by atoms with Crippen molar-refractivity contribution in [3.8, 4) is 23.0 Å². The van der Waals surface area contributed by atoms with Crippen LogP contribution in [0.15, 0.2) is 36.5 Å². The number of aliphatic hydroxyl groups is 2. The maximum absolute atomic E-state index is 13.5. The number of nitrogens with zero attached hydrogens (tertiary/aromatic N) is 1. The van der Waals surface area contributed by atoms with Gasteiger partial charge in [0.15, 0.2) is 17.3 Å².